The Kier molecular flexibility index (Phi) is 2.57. The van der Waals surface area contributed by atoms with Gasteiger partial charge in [-0.25, -0.2) is 0 Å². The summed E-state index contributed by atoms with van der Waals surface area (Å²) in [6.07, 6.45) is 8.14. The first kappa shape index (κ1) is 10.7. The molecule has 2 aliphatic carbocycles. The minimum atomic E-state index is 0.253. The number of Topliss-reactive ketones (excluding diaryl/α,β-unsaturated/α-hetero) is 1. The zero-order valence-electron chi connectivity index (χ0n) is 10.0. The van der Waals surface area contributed by atoms with Gasteiger partial charge >= 0.3 is 0 Å². The molecule has 0 amide bonds. The van der Waals surface area contributed by atoms with Crippen LogP contribution < -0.4 is 0 Å². The average molecular weight is 204 g/mol. The van der Waals surface area contributed by atoms with Crippen LogP contribution >= 0.6 is 0 Å². The summed E-state index contributed by atoms with van der Waals surface area (Å²) >= 11 is 0. The van der Waals surface area contributed by atoms with Gasteiger partial charge in [0.05, 0.1) is 0 Å². The lowest BCUT2D eigenvalue weighted by Gasteiger charge is -2.39. The van der Waals surface area contributed by atoms with Crippen LogP contribution in [0, 0.1) is 5.41 Å². The minimum Gasteiger partial charge on any atom is -0.295 e. The van der Waals surface area contributed by atoms with Crippen molar-refractivity contribution in [1.29, 1.82) is 0 Å². The monoisotopic (exact) mass is 204 g/mol. The summed E-state index contributed by atoms with van der Waals surface area (Å²) in [5.41, 5.74) is 4.36. The van der Waals surface area contributed by atoms with Crippen LogP contribution in [0.2, 0.25) is 0 Å². The SMILES string of the molecule is CC(=O)C1=CC2=C(C)CCC[C@]2(C)CC1. The quantitative estimate of drug-likeness (QED) is 0.635. The van der Waals surface area contributed by atoms with E-state index >= 15 is 0 Å². The first-order chi connectivity index (χ1) is 7.03. The highest BCUT2D eigenvalue weighted by Gasteiger charge is 2.35. The number of fused-ring (bicyclic) bond motifs is 1. The highest BCUT2D eigenvalue weighted by atomic mass is 16.1. The third kappa shape index (κ3) is 1.80. The number of carbonyl (C=O) groups is 1. The van der Waals surface area contributed by atoms with Crippen LogP contribution in [0.5, 0.6) is 0 Å². The molecule has 0 aliphatic heterocycles. The zero-order valence-corrected chi connectivity index (χ0v) is 10.0. The molecule has 0 bridgehead atoms. The van der Waals surface area contributed by atoms with Gasteiger partial charge in [-0.1, -0.05) is 18.6 Å². The Labute approximate surface area is 92.3 Å². The molecule has 2 aliphatic rings. The van der Waals surface area contributed by atoms with Gasteiger partial charge in [-0.05, 0) is 62.5 Å². The van der Waals surface area contributed by atoms with E-state index in [-0.39, 0.29) is 5.78 Å². The predicted octanol–water partition coefficient (Wildman–Crippen LogP) is 3.80. The maximum absolute atomic E-state index is 11.4. The Hall–Kier alpha value is -0.850. The summed E-state index contributed by atoms with van der Waals surface area (Å²) in [6, 6.07) is 0. The standard InChI is InChI=1S/C14H20O/c1-10-5-4-7-14(3)8-6-12(11(2)15)9-13(10)14/h9H,4-8H2,1-3H3/t14-/m1/s1. The van der Waals surface area contributed by atoms with Crippen molar-refractivity contribution in [2.45, 2.75) is 52.9 Å². The Morgan fingerprint density at radius 3 is 2.73 bits per heavy atom. The highest BCUT2D eigenvalue weighted by molar-refractivity contribution is 5.94. The first-order valence-electron chi connectivity index (χ1n) is 5.95. The van der Waals surface area contributed by atoms with Crippen LogP contribution in [-0.4, -0.2) is 5.78 Å². The molecular weight excluding hydrogens is 184 g/mol. The van der Waals surface area contributed by atoms with E-state index in [1.807, 2.05) is 0 Å². The molecule has 1 atom stereocenters. The molecule has 1 nitrogen and oxygen atoms in total. The van der Waals surface area contributed by atoms with E-state index in [2.05, 4.69) is 19.9 Å². The number of rotatable bonds is 1. The van der Waals surface area contributed by atoms with E-state index in [0.29, 0.717) is 5.41 Å². The van der Waals surface area contributed by atoms with Crippen molar-refractivity contribution in [2.75, 3.05) is 0 Å². The fourth-order valence-electron chi connectivity index (χ4n) is 3.02. The molecule has 0 N–H and O–H groups in total. The number of hydrogen-bond donors (Lipinski definition) is 0. The zero-order chi connectivity index (χ0) is 11.1. The maximum Gasteiger partial charge on any atom is 0.155 e. The van der Waals surface area contributed by atoms with Crippen molar-refractivity contribution >= 4 is 5.78 Å². The Morgan fingerprint density at radius 2 is 2.07 bits per heavy atom. The van der Waals surface area contributed by atoms with Gasteiger partial charge in [0.1, 0.15) is 0 Å². The molecule has 0 aromatic rings. The van der Waals surface area contributed by atoms with E-state index in [0.717, 1.165) is 18.4 Å². The number of allylic oxidation sites excluding steroid dienone is 4. The molecule has 0 saturated carbocycles. The molecule has 0 saturated heterocycles. The van der Waals surface area contributed by atoms with Gasteiger partial charge in [0.2, 0.25) is 0 Å². The van der Waals surface area contributed by atoms with E-state index in [1.54, 1.807) is 6.92 Å². The first-order valence-corrected chi connectivity index (χ1v) is 5.95. The smallest absolute Gasteiger partial charge is 0.155 e. The van der Waals surface area contributed by atoms with E-state index in [1.165, 1.54) is 30.4 Å². The molecule has 0 aromatic heterocycles. The van der Waals surface area contributed by atoms with E-state index in [9.17, 15) is 4.79 Å². The Morgan fingerprint density at radius 1 is 1.33 bits per heavy atom. The molecule has 0 aromatic carbocycles. The fraction of sp³-hybridized carbons (Fsp3) is 0.643. The highest BCUT2D eigenvalue weighted by Crippen LogP contribution is 2.48. The van der Waals surface area contributed by atoms with Gasteiger partial charge in [0, 0.05) is 0 Å². The van der Waals surface area contributed by atoms with E-state index in [4.69, 9.17) is 0 Å². The van der Waals surface area contributed by atoms with Gasteiger partial charge in [-0.3, -0.25) is 4.79 Å². The molecule has 0 heterocycles. The van der Waals surface area contributed by atoms with Gasteiger partial charge in [0.25, 0.3) is 0 Å². The topological polar surface area (TPSA) is 17.1 Å². The average Bonchev–Trinajstić information content (AvgIpc) is 2.17. The van der Waals surface area contributed by atoms with Crippen molar-refractivity contribution < 1.29 is 4.79 Å². The van der Waals surface area contributed by atoms with Gasteiger partial charge in [-0.2, -0.15) is 0 Å². The van der Waals surface area contributed by atoms with Crippen LogP contribution in [0.3, 0.4) is 0 Å². The molecule has 2 rings (SSSR count). The van der Waals surface area contributed by atoms with Crippen molar-refractivity contribution in [3.8, 4) is 0 Å². The number of hydrogen-bond acceptors (Lipinski definition) is 1. The summed E-state index contributed by atoms with van der Waals surface area (Å²) in [6.45, 7) is 6.28. The lowest BCUT2D eigenvalue weighted by atomic mass is 9.65. The van der Waals surface area contributed by atoms with Crippen LogP contribution in [0.15, 0.2) is 22.8 Å². The second-order valence-electron chi connectivity index (χ2n) is 5.33. The van der Waals surface area contributed by atoms with E-state index < -0.39 is 0 Å². The third-order valence-electron chi connectivity index (χ3n) is 4.11. The second-order valence-corrected chi connectivity index (χ2v) is 5.33. The van der Waals surface area contributed by atoms with Gasteiger partial charge < -0.3 is 0 Å². The molecule has 0 unspecified atom stereocenters. The summed E-state index contributed by atoms with van der Waals surface area (Å²) < 4.78 is 0. The third-order valence-corrected chi connectivity index (χ3v) is 4.11. The van der Waals surface area contributed by atoms with Crippen LogP contribution in [0.1, 0.15) is 52.9 Å². The molecule has 0 radical (unpaired) electrons. The van der Waals surface area contributed by atoms with Crippen molar-refractivity contribution in [1.82, 2.24) is 0 Å². The summed E-state index contributed by atoms with van der Waals surface area (Å²) in [5, 5.41) is 0. The maximum atomic E-state index is 11.4. The Bertz CT molecular complexity index is 360. The van der Waals surface area contributed by atoms with Crippen molar-refractivity contribution in [3.63, 3.8) is 0 Å². The molecular formula is C14H20O. The summed E-state index contributed by atoms with van der Waals surface area (Å²) in [7, 11) is 0. The van der Waals surface area contributed by atoms with Crippen molar-refractivity contribution in [2.24, 2.45) is 5.41 Å². The van der Waals surface area contributed by atoms with Gasteiger partial charge in [0.15, 0.2) is 5.78 Å². The number of ketones is 1. The van der Waals surface area contributed by atoms with Crippen LogP contribution in [-0.2, 0) is 4.79 Å². The Balaban J connectivity index is 2.44. The molecule has 1 heteroatoms. The molecule has 0 spiro atoms. The lowest BCUT2D eigenvalue weighted by Crippen LogP contribution is -2.27. The molecule has 0 fully saturated rings. The van der Waals surface area contributed by atoms with Gasteiger partial charge in [-0.15, -0.1) is 0 Å². The predicted molar refractivity (Wildman–Crippen MR) is 62.7 cm³/mol. The fourth-order valence-corrected chi connectivity index (χ4v) is 3.02. The molecule has 15 heavy (non-hydrogen) atoms. The molecule has 82 valence electrons. The van der Waals surface area contributed by atoms with Crippen molar-refractivity contribution in [3.05, 3.63) is 22.8 Å². The minimum absolute atomic E-state index is 0.253. The van der Waals surface area contributed by atoms with Crippen LogP contribution in [0.4, 0.5) is 0 Å². The largest absolute Gasteiger partial charge is 0.295 e. The lowest BCUT2D eigenvalue weighted by molar-refractivity contribution is -0.113. The normalized spacial score (nSPS) is 31.0. The number of carbonyl (C=O) groups excluding carboxylic acids is 1. The second kappa shape index (κ2) is 3.62. The summed E-state index contributed by atoms with van der Waals surface area (Å²) in [5.74, 6) is 0.253. The van der Waals surface area contributed by atoms with Crippen LogP contribution in [0.25, 0.3) is 0 Å². The summed E-state index contributed by atoms with van der Waals surface area (Å²) in [4.78, 5) is 11.4.